The summed E-state index contributed by atoms with van der Waals surface area (Å²) < 4.78 is 2.30. The maximum absolute atomic E-state index is 4.45. The molecule has 2 aromatic rings. The van der Waals surface area contributed by atoms with E-state index in [1.165, 1.54) is 30.3 Å². The molecule has 0 fully saturated rings. The summed E-state index contributed by atoms with van der Waals surface area (Å²) in [7, 11) is 0. The van der Waals surface area contributed by atoms with E-state index in [0.717, 1.165) is 5.52 Å². The molecule has 0 saturated carbocycles. The van der Waals surface area contributed by atoms with Gasteiger partial charge in [0.15, 0.2) is 0 Å². The molecule has 0 aliphatic rings. The lowest BCUT2D eigenvalue weighted by Crippen LogP contribution is -2.03. The van der Waals surface area contributed by atoms with E-state index in [1.807, 2.05) is 6.33 Å². The largest absolute Gasteiger partial charge is 0.328 e. The van der Waals surface area contributed by atoms with Crippen molar-refractivity contribution in [3.63, 3.8) is 0 Å². The predicted molar refractivity (Wildman–Crippen MR) is 68.7 cm³/mol. The summed E-state index contributed by atoms with van der Waals surface area (Å²) in [5.41, 5.74) is 3.68. The number of hydrogen-bond acceptors (Lipinski definition) is 1. The van der Waals surface area contributed by atoms with Gasteiger partial charge >= 0.3 is 0 Å². The summed E-state index contributed by atoms with van der Waals surface area (Å²) >= 11 is 0. The highest BCUT2D eigenvalue weighted by Crippen LogP contribution is 2.22. The summed E-state index contributed by atoms with van der Waals surface area (Å²) in [5.74, 6) is 0. The van der Waals surface area contributed by atoms with Crippen molar-refractivity contribution in [1.29, 1.82) is 0 Å². The molecule has 0 saturated heterocycles. The minimum atomic E-state index is 0.548. The molecule has 0 N–H and O–H groups in total. The fourth-order valence-corrected chi connectivity index (χ4v) is 2.13. The Labute approximate surface area is 97.3 Å². The van der Waals surface area contributed by atoms with Crippen LogP contribution in [0.1, 0.15) is 44.7 Å². The summed E-state index contributed by atoms with van der Waals surface area (Å²) in [4.78, 5) is 4.45. The molecule has 86 valence electrons. The first-order valence-electron chi connectivity index (χ1n) is 6.15. The predicted octanol–water partition coefficient (Wildman–Crippen LogP) is 4.10. The number of fused-ring (bicyclic) bond motifs is 1. The summed E-state index contributed by atoms with van der Waals surface area (Å²) in [5, 5.41) is 0. The average molecular weight is 216 g/mol. The van der Waals surface area contributed by atoms with Crippen molar-refractivity contribution in [3.05, 3.63) is 30.1 Å². The van der Waals surface area contributed by atoms with E-state index < -0.39 is 0 Å². The van der Waals surface area contributed by atoms with Gasteiger partial charge in [0.05, 0.1) is 17.4 Å². The van der Waals surface area contributed by atoms with Gasteiger partial charge in [-0.15, -0.1) is 0 Å². The van der Waals surface area contributed by atoms with Gasteiger partial charge in [0, 0.05) is 6.04 Å². The first-order valence-corrected chi connectivity index (χ1v) is 6.15. The van der Waals surface area contributed by atoms with Crippen LogP contribution in [0.25, 0.3) is 11.0 Å². The van der Waals surface area contributed by atoms with Gasteiger partial charge in [-0.05, 0) is 38.0 Å². The van der Waals surface area contributed by atoms with Crippen LogP contribution >= 0.6 is 0 Å². The highest BCUT2D eigenvalue weighted by Gasteiger charge is 2.08. The van der Waals surface area contributed by atoms with E-state index in [-0.39, 0.29) is 0 Å². The zero-order valence-corrected chi connectivity index (χ0v) is 10.4. The van der Waals surface area contributed by atoms with Crippen LogP contribution in [0.3, 0.4) is 0 Å². The summed E-state index contributed by atoms with van der Waals surface area (Å²) in [6, 6.07) is 7.00. The first kappa shape index (κ1) is 11.2. The molecule has 2 rings (SSSR count). The zero-order valence-electron chi connectivity index (χ0n) is 10.4. The van der Waals surface area contributed by atoms with Gasteiger partial charge in [-0.2, -0.15) is 0 Å². The van der Waals surface area contributed by atoms with Crippen LogP contribution in [0.5, 0.6) is 0 Å². The third-order valence-corrected chi connectivity index (χ3v) is 3.18. The topological polar surface area (TPSA) is 17.8 Å². The van der Waals surface area contributed by atoms with E-state index >= 15 is 0 Å². The van der Waals surface area contributed by atoms with Crippen molar-refractivity contribution in [2.24, 2.45) is 0 Å². The van der Waals surface area contributed by atoms with Gasteiger partial charge < -0.3 is 4.57 Å². The second-order valence-corrected chi connectivity index (χ2v) is 4.64. The Balaban J connectivity index is 2.33. The molecule has 1 atom stereocenters. The number of nitrogens with zero attached hydrogens (tertiary/aromatic N) is 2. The standard InChI is InChI=1S/C14H20N2/c1-4-5-6-12(3)16-10-15-13-8-7-11(2)9-14(13)16/h7-10,12H,4-6H2,1-3H3. The molecule has 0 amide bonds. The Morgan fingerprint density at radius 3 is 2.94 bits per heavy atom. The van der Waals surface area contributed by atoms with E-state index in [0.29, 0.717) is 6.04 Å². The Bertz CT molecular complexity index is 471. The minimum absolute atomic E-state index is 0.548. The van der Waals surface area contributed by atoms with Gasteiger partial charge in [-0.3, -0.25) is 0 Å². The van der Waals surface area contributed by atoms with Crippen LogP contribution in [0, 0.1) is 6.92 Å². The van der Waals surface area contributed by atoms with Crippen LogP contribution in [0.2, 0.25) is 0 Å². The maximum Gasteiger partial charge on any atom is 0.0960 e. The molecular weight excluding hydrogens is 196 g/mol. The van der Waals surface area contributed by atoms with Crippen LogP contribution in [-0.2, 0) is 0 Å². The Morgan fingerprint density at radius 1 is 1.38 bits per heavy atom. The number of aryl methyl sites for hydroxylation is 1. The molecule has 2 heteroatoms. The van der Waals surface area contributed by atoms with Gasteiger partial charge in [0.2, 0.25) is 0 Å². The number of hydrogen-bond donors (Lipinski definition) is 0. The van der Waals surface area contributed by atoms with E-state index in [4.69, 9.17) is 0 Å². The lowest BCUT2D eigenvalue weighted by atomic mass is 10.1. The van der Waals surface area contributed by atoms with Crippen molar-refractivity contribution < 1.29 is 0 Å². The molecule has 1 heterocycles. The lowest BCUT2D eigenvalue weighted by Gasteiger charge is -2.13. The van der Waals surface area contributed by atoms with Crippen LogP contribution in [-0.4, -0.2) is 9.55 Å². The van der Waals surface area contributed by atoms with E-state index in [2.05, 4.69) is 48.5 Å². The number of unbranched alkanes of at least 4 members (excludes halogenated alkanes) is 1. The van der Waals surface area contributed by atoms with Gasteiger partial charge in [-0.25, -0.2) is 4.98 Å². The third kappa shape index (κ3) is 2.11. The Morgan fingerprint density at radius 2 is 2.19 bits per heavy atom. The van der Waals surface area contributed by atoms with Crippen molar-refractivity contribution in [1.82, 2.24) is 9.55 Å². The lowest BCUT2D eigenvalue weighted by molar-refractivity contribution is 0.496. The van der Waals surface area contributed by atoms with Crippen LogP contribution in [0.15, 0.2) is 24.5 Å². The quantitative estimate of drug-likeness (QED) is 0.752. The zero-order chi connectivity index (χ0) is 11.5. The third-order valence-electron chi connectivity index (χ3n) is 3.18. The minimum Gasteiger partial charge on any atom is -0.328 e. The highest BCUT2D eigenvalue weighted by atomic mass is 15.1. The van der Waals surface area contributed by atoms with E-state index in [9.17, 15) is 0 Å². The number of aromatic nitrogens is 2. The Kier molecular flexibility index (Phi) is 3.28. The second-order valence-electron chi connectivity index (χ2n) is 4.64. The van der Waals surface area contributed by atoms with Crippen molar-refractivity contribution >= 4 is 11.0 Å². The molecule has 1 aromatic carbocycles. The SMILES string of the molecule is CCCCC(C)n1cnc2ccc(C)cc21. The average Bonchev–Trinajstić information content (AvgIpc) is 2.68. The molecule has 2 nitrogen and oxygen atoms in total. The molecular formula is C14H20N2. The maximum atomic E-state index is 4.45. The molecule has 1 unspecified atom stereocenters. The smallest absolute Gasteiger partial charge is 0.0960 e. The fourth-order valence-electron chi connectivity index (χ4n) is 2.13. The van der Waals surface area contributed by atoms with Crippen LogP contribution in [0.4, 0.5) is 0 Å². The van der Waals surface area contributed by atoms with Gasteiger partial charge in [0.25, 0.3) is 0 Å². The second kappa shape index (κ2) is 4.69. The van der Waals surface area contributed by atoms with Gasteiger partial charge in [-0.1, -0.05) is 25.8 Å². The highest BCUT2D eigenvalue weighted by molar-refractivity contribution is 5.76. The first-order chi connectivity index (χ1) is 7.72. The molecule has 0 bridgehead atoms. The molecule has 0 spiro atoms. The van der Waals surface area contributed by atoms with Gasteiger partial charge in [0.1, 0.15) is 0 Å². The number of rotatable bonds is 4. The number of imidazole rings is 1. The fraction of sp³-hybridized carbons (Fsp3) is 0.500. The van der Waals surface area contributed by atoms with Crippen molar-refractivity contribution in [2.75, 3.05) is 0 Å². The Hall–Kier alpha value is -1.31. The molecule has 0 aliphatic heterocycles. The normalized spacial score (nSPS) is 13.2. The monoisotopic (exact) mass is 216 g/mol. The summed E-state index contributed by atoms with van der Waals surface area (Å²) in [6.07, 6.45) is 5.75. The van der Waals surface area contributed by atoms with Crippen molar-refractivity contribution in [3.8, 4) is 0 Å². The molecule has 16 heavy (non-hydrogen) atoms. The van der Waals surface area contributed by atoms with Crippen LogP contribution < -0.4 is 0 Å². The molecule has 0 radical (unpaired) electrons. The molecule has 0 aliphatic carbocycles. The number of benzene rings is 1. The summed E-state index contributed by atoms with van der Waals surface area (Å²) in [6.45, 7) is 6.65. The van der Waals surface area contributed by atoms with E-state index in [1.54, 1.807) is 0 Å². The van der Waals surface area contributed by atoms with Crippen molar-refractivity contribution in [2.45, 2.75) is 46.1 Å². The molecule has 1 aromatic heterocycles.